The summed E-state index contributed by atoms with van der Waals surface area (Å²) in [6.45, 7) is 0. The van der Waals surface area contributed by atoms with E-state index in [1.165, 1.54) is 36.4 Å². The molecule has 0 aliphatic carbocycles. The summed E-state index contributed by atoms with van der Waals surface area (Å²) in [5.74, 6) is -14.3. The van der Waals surface area contributed by atoms with E-state index in [0.717, 1.165) is 18.4 Å². The summed E-state index contributed by atoms with van der Waals surface area (Å²) in [7, 11) is -3.81. The first-order valence-corrected chi connectivity index (χ1v) is 12.5. The lowest BCUT2D eigenvalue weighted by Crippen LogP contribution is -2.16. The van der Waals surface area contributed by atoms with Crippen LogP contribution in [0.4, 0.5) is 32.0 Å². The van der Waals surface area contributed by atoms with Crippen LogP contribution in [0.25, 0.3) is 10.4 Å². The maximum atomic E-state index is 14.2. The van der Waals surface area contributed by atoms with Crippen LogP contribution in [-0.4, -0.2) is 26.4 Å². The number of ketones is 1. The number of ether oxygens (including phenoxy) is 1. The lowest BCUT2D eigenvalue weighted by atomic mass is 10.1. The molecule has 0 spiro atoms. The van der Waals surface area contributed by atoms with Crippen molar-refractivity contribution in [2.45, 2.75) is 4.90 Å². The summed E-state index contributed by atoms with van der Waals surface area (Å²) in [4.78, 5) is 11.9. The van der Waals surface area contributed by atoms with Gasteiger partial charge < -0.3 is 9.84 Å². The number of nitrogens with one attached hydrogen (secondary N) is 1. The minimum atomic E-state index is -4.68. The van der Waals surface area contributed by atoms with Gasteiger partial charge in [0.25, 0.3) is 10.0 Å². The molecule has 4 rings (SSSR count). The number of anilines is 1. The van der Waals surface area contributed by atoms with E-state index >= 15 is 0 Å². The first kappa shape index (κ1) is 27.0. The fourth-order valence-electron chi connectivity index (χ4n) is 3.40. The molecular formula is C24H13F6NO5S2. The average molecular weight is 573 g/mol. The van der Waals surface area contributed by atoms with E-state index < -0.39 is 72.7 Å². The molecule has 1 aromatic heterocycles. The minimum Gasteiger partial charge on any atom is -0.503 e. The first-order chi connectivity index (χ1) is 17.9. The van der Waals surface area contributed by atoms with E-state index in [0.29, 0.717) is 16.5 Å². The fraction of sp³-hybridized carbons (Fsp3) is 0.0417. The van der Waals surface area contributed by atoms with Crippen molar-refractivity contribution in [1.82, 2.24) is 0 Å². The highest BCUT2D eigenvalue weighted by Crippen LogP contribution is 2.35. The number of phenolic OH excluding ortho intramolecular Hbond substituents is 1. The van der Waals surface area contributed by atoms with Crippen molar-refractivity contribution < 1.29 is 49.4 Å². The number of rotatable bonds is 7. The lowest BCUT2D eigenvalue weighted by Gasteiger charge is -2.13. The molecule has 2 N–H and O–H groups in total. The van der Waals surface area contributed by atoms with Gasteiger partial charge in [0.15, 0.2) is 34.8 Å². The first-order valence-electron chi connectivity index (χ1n) is 10.2. The second-order valence-corrected chi connectivity index (χ2v) is 10.3. The van der Waals surface area contributed by atoms with Gasteiger partial charge >= 0.3 is 0 Å². The fourth-order valence-corrected chi connectivity index (χ4v) is 5.58. The van der Waals surface area contributed by atoms with Crippen LogP contribution in [0.1, 0.15) is 15.2 Å². The monoisotopic (exact) mass is 573 g/mol. The summed E-state index contributed by atoms with van der Waals surface area (Å²) in [6.07, 6.45) is 0. The maximum Gasteiger partial charge on any atom is 0.265 e. The Kier molecular flexibility index (Phi) is 7.12. The third-order valence-electron chi connectivity index (χ3n) is 5.18. The van der Waals surface area contributed by atoms with Crippen molar-refractivity contribution in [3.8, 4) is 21.9 Å². The van der Waals surface area contributed by atoms with E-state index in [-0.39, 0.29) is 16.6 Å². The van der Waals surface area contributed by atoms with E-state index in [1.54, 1.807) is 0 Å². The van der Waals surface area contributed by atoms with Crippen molar-refractivity contribution in [3.05, 3.63) is 93.9 Å². The molecule has 0 bridgehead atoms. The summed E-state index contributed by atoms with van der Waals surface area (Å²) >= 11 is 0.796. The molecule has 0 atom stereocenters. The van der Waals surface area contributed by atoms with Crippen LogP contribution in [0.15, 0.2) is 53.4 Å². The number of halogens is 6. The molecular weight excluding hydrogens is 560 g/mol. The Morgan fingerprint density at radius 1 is 0.895 bits per heavy atom. The van der Waals surface area contributed by atoms with E-state index in [1.807, 2.05) is 0 Å². The van der Waals surface area contributed by atoms with E-state index in [2.05, 4.69) is 9.46 Å². The highest BCUT2D eigenvalue weighted by molar-refractivity contribution is 7.92. The van der Waals surface area contributed by atoms with Crippen molar-refractivity contribution >= 4 is 32.8 Å². The molecule has 0 unspecified atom stereocenters. The second kappa shape index (κ2) is 10.0. The Balaban J connectivity index is 1.65. The van der Waals surface area contributed by atoms with Gasteiger partial charge in [-0.1, -0.05) is 12.1 Å². The van der Waals surface area contributed by atoms with Crippen molar-refractivity contribution in [3.63, 3.8) is 0 Å². The number of benzene rings is 3. The van der Waals surface area contributed by atoms with Gasteiger partial charge in [-0.05, 0) is 35.9 Å². The van der Waals surface area contributed by atoms with E-state index in [9.17, 15) is 44.7 Å². The van der Waals surface area contributed by atoms with Crippen molar-refractivity contribution in [2.75, 3.05) is 11.8 Å². The smallest absolute Gasteiger partial charge is 0.265 e. The van der Waals surface area contributed by atoms with Gasteiger partial charge in [-0.3, -0.25) is 9.52 Å². The van der Waals surface area contributed by atoms with Crippen LogP contribution in [-0.2, 0) is 10.0 Å². The van der Waals surface area contributed by atoms with E-state index in [4.69, 9.17) is 0 Å². The zero-order valence-electron chi connectivity index (χ0n) is 18.8. The molecule has 14 heteroatoms. The van der Waals surface area contributed by atoms with Gasteiger partial charge in [-0.25, -0.2) is 26.0 Å². The molecule has 0 radical (unpaired) electrons. The maximum absolute atomic E-state index is 14.2. The Morgan fingerprint density at radius 2 is 1.58 bits per heavy atom. The number of thiophene rings is 1. The number of aromatic hydroxyl groups is 1. The normalized spacial score (nSPS) is 11.4. The van der Waals surface area contributed by atoms with Crippen molar-refractivity contribution in [1.29, 1.82) is 0 Å². The summed E-state index contributed by atoms with van der Waals surface area (Å²) in [5, 5.41) is 9.37. The summed E-state index contributed by atoms with van der Waals surface area (Å²) in [6, 6.07) is 8.76. The van der Waals surface area contributed by atoms with Gasteiger partial charge in [0.1, 0.15) is 4.90 Å². The van der Waals surface area contributed by atoms with Gasteiger partial charge in [-0.2, -0.15) is 8.78 Å². The highest BCUT2D eigenvalue weighted by Gasteiger charge is 2.28. The predicted octanol–water partition coefficient (Wildman–Crippen LogP) is 6.00. The number of phenols is 1. The molecule has 0 amide bonds. The molecule has 38 heavy (non-hydrogen) atoms. The number of hydrogen-bond acceptors (Lipinski definition) is 6. The third kappa shape index (κ3) is 4.79. The van der Waals surface area contributed by atoms with Gasteiger partial charge in [0.2, 0.25) is 17.4 Å². The van der Waals surface area contributed by atoms with Gasteiger partial charge in [0.05, 0.1) is 17.6 Å². The number of hydrogen-bond donors (Lipinski definition) is 2. The Morgan fingerprint density at radius 3 is 2.26 bits per heavy atom. The van der Waals surface area contributed by atoms with Crippen LogP contribution in [0.5, 0.6) is 11.5 Å². The van der Waals surface area contributed by atoms with Gasteiger partial charge in [-0.15, -0.1) is 11.3 Å². The number of carbonyl (C=O) groups excluding carboxylic acids is 1. The number of carbonyl (C=O) groups is 1. The third-order valence-corrected chi connectivity index (χ3v) is 7.70. The molecule has 6 nitrogen and oxygen atoms in total. The quantitative estimate of drug-likeness (QED) is 0.123. The molecule has 1 heterocycles. The SMILES string of the molecule is COc1c(S(=O)(=O)Nc2cccc(-c3ccc(C(=O)c4cc(F)c(F)c(O)c4F)s3)c2)cc(F)c(F)c1F. The van der Waals surface area contributed by atoms with Gasteiger partial charge in [0, 0.05) is 16.6 Å². The lowest BCUT2D eigenvalue weighted by molar-refractivity contribution is 0.103. The molecule has 0 saturated heterocycles. The topological polar surface area (TPSA) is 92.7 Å². The largest absolute Gasteiger partial charge is 0.503 e. The summed E-state index contributed by atoms with van der Waals surface area (Å²) < 4.78 is 115. The standard InChI is InChI=1S/C24H13F6NO5S2/c1-36-24-17(9-14(26)19(28)21(24)30)38(34,35)31-11-4-2-3-10(7-11)15-5-6-16(37-15)22(32)12-8-13(25)20(29)23(33)18(12)27/h2-9,31,33H,1H3. The number of methoxy groups -OCH3 is 1. The average Bonchev–Trinajstić information content (AvgIpc) is 3.38. The van der Waals surface area contributed by atoms with Crippen LogP contribution < -0.4 is 9.46 Å². The predicted molar refractivity (Wildman–Crippen MR) is 125 cm³/mol. The molecule has 0 aliphatic rings. The highest BCUT2D eigenvalue weighted by atomic mass is 32.2. The molecule has 0 aliphatic heterocycles. The molecule has 198 valence electrons. The zero-order valence-corrected chi connectivity index (χ0v) is 20.4. The summed E-state index contributed by atoms with van der Waals surface area (Å²) in [5.41, 5.74) is -0.650. The van der Waals surface area contributed by atoms with Crippen LogP contribution >= 0.6 is 11.3 Å². The minimum absolute atomic E-state index is 0.0902. The second-order valence-electron chi connectivity index (χ2n) is 7.58. The molecule has 4 aromatic rings. The Bertz CT molecular complexity index is 1710. The van der Waals surface area contributed by atoms with Crippen LogP contribution in [0.3, 0.4) is 0 Å². The van der Waals surface area contributed by atoms with Crippen LogP contribution in [0.2, 0.25) is 0 Å². The molecule has 0 fully saturated rings. The Labute approximate surface area is 214 Å². The molecule has 0 saturated carbocycles. The zero-order chi connectivity index (χ0) is 27.9. The van der Waals surface area contributed by atoms with Crippen LogP contribution in [0, 0.1) is 34.9 Å². The Hall–Kier alpha value is -4.04. The molecule has 3 aromatic carbocycles. The van der Waals surface area contributed by atoms with Crippen molar-refractivity contribution in [2.24, 2.45) is 0 Å². The number of sulfonamides is 1.